The average Bonchev–Trinajstić information content (AvgIpc) is 2.28. The minimum absolute atomic E-state index is 0.0802. The van der Waals surface area contributed by atoms with E-state index in [1.165, 1.54) is 0 Å². The van der Waals surface area contributed by atoms with Gasteiger partial charge in [0.15, 0.2) is 5.11 Å². The summed E-state index contributed by atoms with van der Waals surface area (Å²) in [6, 6.07) is 7.70. The number of aliphatic carboxylic acids is 1. The van der Waals surface area contributed by atoms with E-state index in [4.69, 9.17) is 18.0 Å². The Labute approximate surface area is 109 Å². The molecule has 18 heavy (non-hydrogen) atoms. The fourth-order valence-corrected chi connectivity index (χ4v) is 1.50. The van der Waals surface area contributed by atoms with Crippen LogP contribution >= 0.6 is 12.2 Å². The maximum Gasteiger partial charge on any atom is 0.219 e. The molecule has 7 heteroatoms. The first-order valence-electron chi connectivity index (χ1n) is 5.11. The number of thiocarbonyl (C=S) groups is 1. The zero-order valence-electron chi connectivity index (χ0n) is 9.38. The molecule has 0 aliphatic rings. The summed E-state index contributed by atoms with van der Waals surface area (Å²) in [6.45, 7) is 0. The first-order chi connectivity index (χ1) is 8.49. The van der Waals surface area contributed by atoms with Gasteiger partial charge in [-0.15, -0.1) is 0 Å². The second-order valence-electron chi connectivity index (χ2n) is 3.51. The summed E-state index contributed by atoms with van der Waals surface area (Å²) in [7, 11) is 0. The number of hydrogen-bond acceptors (Lipinski definition) is 4. The average molecular weight is 266 g/mol. The van der Waals surface area contributed by atoms with Crippen LogP contribution in [-0.2, 0) is 9.59 Å². The lowest BCUT2D eigenvalue weighted by molar-refractivity contribution is -0.308. The van der Waals surface area contributed by atoms with Gasteiger partial charge < -0.3 is 26.3 Å². The van der Waals surface area contributed by atoms with Gasteiger partial charge >= 0.3 is 0 Å². The smallest absolute Gasteiger partial charge is 0.219 e. The maximum absolute atomic E-state index is 10.8. The quantitative estimate of drug-likeness (QED) is 0.588. The van der Waals surface area contributed by atoms with Crippen molar-refractivity contribution < 1.29 is 14.7 Å². The molecule has 0 fully saturated rings. The Morgan fingerprint density at radius 2 is 1.94 bits per heavy atom. The number of nitrogens with one attached hydrogen (secondary N) is 2. The van der Waals surface area contributed by atoms with Gasteiger partial charge in [-0.1, -0.05) is 18.2 Å². The van der Waals surface area contributed by atoms with E-state index in [-0.39, 0.29) is 11.5 Å². The lowest BCUT2D eigenvalue weighted by atomic mass is 10.2. The number of hydrogen-bond donors (Lipinski definition) is 3. The van der Waals surface area contributed by atoms with Gasteiger partial charge in [-0.25, -0.2) is 0 Å². The van der Waals surface area contributed by atoms with Gasteiger partial charge in [0.2, 0.25) is 5.91 Å². The molecular weight excluding hydrogens is 254 g/mol. The number of amides is 1. The van der Waals surface area contributed by atoms with Gasteiger partial charge in [0.25, 0.3) is 0 Å². The zero-order chi connectivity index (χ0) is 13.5. The third kappa shape index (κ3) is 4.79. The lowest BCUT2D eigenvalue weighted by Crippen LogP contribution is -2.50. The molecule has 1 rings (SSSR count). The highest BCUT2D eigenvalue weighted by atomic mass is 32.1. The van der Waals surface area contributed by atoms with E-state index in [0.717, 1.165) is 0 Å². The number of carboxylic acids is 1. The Morgan fingerprint density at radius 1 is 1.33 bits per heavy atom. The van der Waals surface area contributed by atoms with Gasteiger partial charge in [-0.05, 0) is 24.4 Å². The number of anilines is 1. The molecule has 0 saturated heterocycles. The SMILES string of the molecule is NC(=O)C[C@H](NC(=S)Nc1ccccc1)C(=O)[O-]. The van der Waals surface area contributed by atoms with Crippen LogP contribution in [0, 0.1) is 0 Å². The monoisotopic (exact) mass is 266 g/mol. The molecule has 0 aliphatic carbocycles. The molecule has 4 N–H and O–H groups in total. The molecule has 0 aromatic heterocycles. The van der Waals surface area contributed by atoms with Crippen molar-refractivity contribution >= 4 is 34.9 Å². The van der Waals surface area contributed by atoms with Gasteiger partial charge in [-0.2, -0.15) is 0 Å². The van der Waals surface area contributed by atoms with E-state index in [1.807, 2.05) is 6.07 Å². The molecule has 0 heterocycles. The van der Waals surface area contributed by atoms with Crippen LogP contribution in [-0.4, -0.2) is 23.0 Å². The second-order valence-corrected chi connectivity index (χ2v) is 3.91. The van der Waals surface area contributed by atoms with E-state index < -0.39 is 17.9 Å². The molecule has 96 valence electrons. The van der Waals surface area contributed by atoms with Crippen molar-refractivity contribution in [2.75, 3.05) is 5.32 Å². The van der Waals surface area contributed by atoms with Crippen LogP contribution in [0.5, 0.6) is 0 Å². The first kappa shape index (κ1) is 13.9. The van der Waals surface area contributed by atoms with Crippen LogP contribution < -0.4 is 21.5 Å². The van der Waals surface area contributed by atoms with Gasteiger partial charge in [-0.3, -0.25) is 4.79 Å². The maximum atomic E-state index is 10.8. The summed E-state index contributed by atoms with van der Waals surface area (Å²) < 4.78 is 0. The van der Waals surface area contributed by atoms with Crippen molar-refractivity contribution in [2.24, 2.45) is 5.73 Å². The first-order valence-corrected chi connectivity index (χ1v) is 5.51. The normalized spacial score (nSPS) is 11.3. The Morgan fingerprint density at radius 3 is 2.44 bits per heavy atom. The fourth-order valence-electron chi connectivity index (χ4n) is 1.24. The Hall–Kier alpha value is -2.15. The fraction of sp³-hybridized carbons (Fsp3) is 0.182. The molecule has 1 amide bonds. The van der Waals surface area contributed by atoms with Crippen LogP contribution in [0.1, 0.15) is 6.42 Å². The van der Waals surface area contributed by atoms with Crippen molar-refractivity contribution in [1.82, 2.24) is 5.32 Å². The predicted molar refractivity (Wildman–Crippen MR) is 68.4 cm³/mol. The summed E-state index contributed by atoms with van der Waals surface area (Å²) in [5.41, 5.74) is 5.63. The largest absolute Gasteiger partial charge is 0.548 e. The van der Waals surface area contributed by atoms with E-state index in [2.05, 4.69) is 10.6 Å². The summed E-state index contributed by atoms with van der Waals surface area (Å²) in [4.78, 5) is 21.4. The number of rotatable bonds is 5. The predicted octanol–water partition coefficient (Wildman–Crippen LogP) is -1.03. The minimum atomic E-state index is -1.44. The Bertz CT molecular complexity index is 450. The number of carbonyl (C=O) groups excluding carboxylic acids is 2. The minimum Gasteiger partial charge on any atom is -0.548 e. The molecule has 0 aliphatic heterocycles. The number of para-hydroxylation sites is 1. The summed E-state index contributed by atoms with van der Waals surface area (Å²) >= 11 is 4.92. The van der Waals surface area contributed by atoms with E-state index in [9.17, 15) is 14.7 Å². The van der Waals surface area contributed by atoms with Crippen LogP contribution in [0.15, 0.2) is 30.3 Å². The van der Waals surface area contributed by atoms with E-state index in [1.54, 1.807) is 24.3 Å². The van der Waals surface area contributed by atoms with Crippen molar-refractivity contribution in [3.8, 4) is 0 Å². The van der Waals surface area contributed by atoms with Gasteiger partial charge in [0.05, 0.1) is 18.4 Å². The molecule has 1 aromatic carbocycles. The third-order valence-corrected chi connectivity index (χ3v) is 2.25. The van der Waals surface area contributed by atoms with Gasteiger partial charge in [0.1, 0.15) is 0 Å². The number of nitrogens with two attached hydrogens (primary N) is 1. The van der Waals surface area contributed by atoms with Crippen LogP contribution in [0.25, 0.3) is 0 Å². The Kier molecular flexibility index (Phi) is 5.06. The third-order valence-electron chi connectivity index (χ3n) is 2.03. The molecule has 0 unspecified atom stereocenters. The lowest BCUT2D eigenvalue weighted by Gasteiger charge is -2.20. The highest BCUT2D eigenvalue weighted by Crippen LogP contribution is 2.04. The highest BCUT2D eigenvalue weighted by molar-refractivity contribution is 7.80. The van der Waals surface area contributed by atoms with E-state index >= 15 is 0 Å². The standard InChI is InChI=1S/C11H13N3O3S/c12-9(15)6-8(10(16)17)14-11(18)13-7-4-2-1-3-5-7/h1-5,8H,6H2,(H2,12,15)(H,16,17)(H2,13,14,18)/p-1/t8-/m0/s1. The van der Waals surface area contributed by atoms with Crippen LogP contribution in [0.4, 0.5) is 5.69 Å². The number of benzene rings is 1. The molecule has 1 aromatic rings. The second kappa shape index (κ2) is 6.55. The number of carbonyl (C=O) groups is 2. The number of primary amides is 1. The molecule has 6 nitrogen and oxygen atoms in total. The molecule has 0 bridgehead atoms. The topological polar surface area (TPSA) is 107 Å². The van der Waals surface area contributed by atoms with Crippen molar-refractivity contribution in [2.45, 2.75) is 12.5 Å². The number of carboxylic acid groups (broad SMARTS) is 1. The van der Waals surface area contributed by atoms with Crippen LogP contribution in [0.3, 0.4) is 0 Å². The van der Waals surface area contributed by atoms with Crippen molar-refractivity contribution in [1.29, 1.82) is 0 Å². The zero-order valence-corrected chi connectivity index (χ0v) is 10.2. The van der Waals surface area contributed by atoms with Crippen molar-refractivity contribution in [3.05, 3.63) is 30.3 Å². The summed E-state index contributed by atoms with van der Waals surface area (Å²) in [5, 5.41) is 16.1. The Balaban J connectivity index is 2.56. The molecule has 0 spiro atoms. The van der Waals surface area contributed by atoms with Gasteiger partial charge in [0, 0.05) is 5.69 Å². The summed E-state index contributed by atoms with van der Waals surface area (Å²) in [6.07, 6.45) is -0.390. The highest BCUT2D eigenvalue weighted by Gasteiger charge is 2.14. The molecular formula is C11H12N3O3S-. The van der Waals surface area contributed by atoms with Crippen LogP contribution in [0.2, 0.25) is 0 Å². The summed E-state index contributed by atoms with van der Waals surface area (Å²) in [5.74, 6) is -2.19. The van der Waals surface area contributed by atoms with E-state index in [0.29, 0.717) is 5.69 Å². The molecule has 1 atom stereocenters. The van der Waals surface area contributed by atoms with Crippen molar-refractivity contribution in [3.63, 3.8) is 0 Å². The molecule has 0 radical (unpaired) electrons. The molecule has 0 saturated carbocycles.